The fraction of sp³-hybridized carbons (Fsp3) is 0. The molecule has 8 heteroatoms. The van der Waals surface area contributed by atoms with Crippen molar-refractivity contribution in [1.82, 2.24) is 10.4 Å². The fourth-order valence-corrected chi connectivity index (χ4v) is 3.51. The number of benzene rings is 2. The number of nitro groups is 1. The van der Waals surface area contributed by atoms with Crippen LogP contribution in [0.1, 0.15) is 15.9 Å². The molecule has 0 spiro atoms. The minimum absolute atomic E-state index is 0.00412. The van der Waals surface area contributed by atoms with Crippen LogP contribution in [0.3, 0.4) is 0 Å². The van der Waals surface area contributed by atoms with E-state index in [9.17, 15) is 14.9 Å². The molecule has 0 radical (unpaired) electrons. The maximum Gasteiger partial charge on any atom is 0.272 e. The number of hydrogen-bond donors (Lipinski definition) is 1. The highest BCUT2D eigenvalue weighted by Gasteiger charge is 2.14. The Morgan fingerprint density at radius 1 is 1.10 bits per heavy atom. The van der Waals surface area contributed by atoms with Gasteiger partial charge in [0.2, 0.25) is 0 Å². The summed E-state index contributed by atoms with van der Waals surface area (Å²) in [5.41, 5.74) is 5.07. The Morgan fingerprint density at radius 2 is 1.90 bits per heavy atom. The van der Waals surface area contributed by atoms with E-state index in [4.69, 9.17) is 0 Å². The quantitative estimate of drug-likeness (QED) is 0.299. The zero-order valence-corrected chi connectivity index (χ0v) is 15.8. The van der Waals surface area contributed by atoms with E-state index in [0.717, 1.165) is 21.5 Å². The van der Waals surface area contributed by atoms with E-state index >= 15 is 0 Å². The summed E-state index contributed by atoms with van der Waals surface area (Å²) >= 11 is 1.55. The van der Waals surface area contributed by atoms with E-state index < -0.39 is 4.92 Å². The molecule has 1 N–H and O–H groups in total. The number of para-hydroxylation sites is 1. The summed E-state index contributed by atoms with van der Waals surface area (Å²) in [6, 6.07) is 19.0. The Balaban J connectivity index is 1.60. The third-order valence-electron chi connectivity index (χ3n) is 4.22. The Labute approximate surface area is 169 Å². The lowest BCUT2D eigenvalue weighted by atomic mass is 10.1. The van der Waals surface area contributed by atoms with Gasteiger partial charge in [-0.05, 0) is 41.3 Å². The number of fused-ring (bicyclic) bond motifs is 1. The fourth-order valence-electron chi connectivity index (χ4n) is 2.82. The summed E-state index contributed by atoms with van der Waals surface area (Å²) in [6.45, 7) is 0. The molecular formula is C21H14N4O3S. The zero-order chi connectivity index (χ0) is 20.2. The normalized spacial score (nSPS) is 11.0. The average Bonchev–Trinajstić information content (AvgIpc) is 3.28. The van der Waals surface area contributed by atoms with Crippen molar-refractivity contribution in [2.75, 3.05) is 0 Å². The summed E-state index contributed by atoms with van der Waals surface area (Å²) < 4.78 is 0. The molecule has 0 atom stereocenters. The number of non-ortho nitro benzene ring substituents is 1. The van der Waals surface area contributed by atoms with E-state index in [1.54, 1.807) is 29.5 Å². The molecule has 0 saturated carbocycles. The molecule has 2 heterocycles. The molecule has 0 aliphatic carbocycles. The van der Waals surface area contributed by atoms with Crippen molar-refractivity contribution in [3.63, 3.8) is 0 Å². The molecule has 1 amide bonds. The Bertz CT molecular complexity index is 1220. The molecule has 0 fully saturated rings. The summed E-state index contributed by atoms with van der Waals surface area (Å²) in [7, 11) is 0. The molecule has 7 nitrogen and oxygen atoms in total. The van der Waals surface area contributed by atoms with Gasteiger partial charge >= 0.3 is 0 Å². The molecule has 4 aromatic rings. The minimum atomic E-state index is -0.470. The van der Waals surface area contributed by atoms with Gasteiger partial charge < -0.3 is 0 Å². The third kappa shape index (κ3) is 4.02. The maximum absolute atomic E-state index is 12.8. The Kier molecular flexibility index (Phi) is 5.08. The van der Waals surface area contributed by atoms with Gasteiger partial charge in [0, 0.05) is 17.5 Å². The number of hydrogen-bond acceptors (Lipinski definition) is 6. The highest BCUT2D eigenvalue weighted by molar-refractivity contribution is 7.13. The second-order valence-electron chi connectivity index (χ2n) is 6.10. The molecular weight excluding hydrogens is 388 g/mol. The van der Waals surface area contributed by atoms with Gasteiger partial charge in [-0.25, -0.2) is 10.4 Å². The van der Waals surface area contributed by atoms with Crippen LogP contribution in [0.15, 0.2) is 77.2 Å². The van der Waals surface area contributed by atoms with E-state index in [0.29, 0.717) is 11.1 Å². The topological polar surface area (TPSA) is 97.5 Å². The molecule has 29 heavy (non-hydrogen) atoms. The monoisotopic (exact) mass is 402 g/mol. The van der Waals surface area contributed by atoms with Gasteiger partial charge in [0.15, 0.2) is 0 Å². The van der Waals surface area contributed by atoms with Crippen LogP contribution in [0.5, 0.6) is 0 Å². The van der Waals surface area contributed by atoms with Gasteiger partial charge in [-0.1, -0.05) is 24.3 Å². The van der Waals surface area contributed by atoms with E-state index in [1.807, 2.05) is 41.8 Å². The number of pyridine rings is 1. The summed E-state index contributed by atoms with van der Waals surface area (Å²) in [5.74, 6) is -0.362. The molecule has 0 aliphatic rings. The first kappa shape index (κ1) is 18.5. The molecule has 2 aromatic carbocycles. The maximum atomic E-state index is 12.8. The van der Waals surface area contributed by atoms with E-state index in [-0.39, 0.29) is 11.6 Å². The van der Waals surface area contributed by atoms with Crippen molar-refractivity contribution >= 4 is 40.0 Å². The van der Waals surface area contributed by atoms with Gasteiger partial charge in [0.1, 0.15) is 0 Å². The number of nitrogens with one attached hydrogen (secondary N) is 1. The van der Waals surface area contributed by atoms with Crippen LogP contribution in [0.2, 0.25) is 0 Å². The number of nitro benzene ring substituents is 1. The number of carbonyl (C=O) groups excluding carboxylic acids is 1. The van der Waals surface area contributed by atoms with Gasteiger partial charge in [-0.15, -0.1) is 11.3 Å². The van der Waals surface area contributed by atoms with Gasteiger partial charge in [0.05, 0.1) is 32.8 Å². The first-order valence-corrected chi connectivity index (χ1v) is 9.51. The largest absolute Gasteiger partial charge is 0.272 e. The molecule has 0 bridgehead atoms. The lowest BCUT2D eigenvalue weighted by Gasteiger charge is -2.07. The van der Waals surface area contributed by atoms with Crippen LogP contribution in [0.25, 0.3) is 21.5 Å². The highest BCUT2D eigenvalue weighted by Crippen LogP contribution is 2.27. The van der Waals surface area contributed by atoms with Gasteiger partial charge in [0.25, 0.3) is 11.6 Å². The number of rotatable bonds is 5. The third-order valence-corrected chi connectivity index (χ3v) is 5.11. The first-order valence-electron chi connectivity index (χ1n) is 8.63. The van der Waals surface area contributed by atoms with Crippen LogP contribution >= 0.6 is 11.3 Å². The van der Waals surface area contributed by atoms with Crippen molar-refractivity contribution in [3.8, 4) is 10.6 Å². The minimum Gasteiger partial charge on any atom is -0.267 e. The smallest absolute Gasteiger partial charge is 0.267 e. The number of carbonyl (C=O) groups is 1. The Morgan fingerprint density at radius 3 is 2.62 bits per heavy atom. The molecule has 0 saturated heterocycles. The van der Waals surface area contributed by atoms with Gasteiger partial charge in [-0.2, -0.15) is 5.10 Å². The molecule has 0 unspecified atom stereocenters. The first-order chi connectivity index (χ1) is 14.1. The number of hydrazone groups is 1. The standard InChI is InChI=1S/C21H14N4O3S/c26-21(24-22-13-14-7-9-15(10-8-14)25(27)28)17-12-19(20-6-3-11-29-20)23-18-5-2-1-4-16(17)18/h1-13H,(H,24,26)/b22-13-. The molecule has 142 valence electrons. The number of aromatic nitrogens is 1. The second kappa shape index (κ2) is 7.99. The van der Waals surface area contributed by atoms with Crippen LogP contribution in [0, 0.1) is 10.1 Å². The SMILES string of the molecule is O=C(N/N=C\c1ccc([N+](=O)[O-])cc1)c1cc(-c2cccs2)nc2ccccc12. The van der Waals surface area contributed by atoms with Crippen LogP contribution in [0.4, 0.5) is 5.69 Å². The lowest BCUT2D eigenvalue weighted by molar-refractivity contribution is -0.384. The highest BCUT2D eigenvalue weighted by atomic mass is 32.1. The van der Waals surface area contributed by atoms with Crippen LogP contribution in [-0.2, 0) is 0 Å². The average molecular weight is 402 g/mol. The van der Waals surface area contributed by atoms with E-state index in [1.165, 1.54) is 18.3 Å². The second-order valence-corrected chi connectivity index (χ2v) is 7.04. The summed E-state index contributed by atoms with van der Waals surface area (Å²) in [4.78, 5) is 28.6. The summed E-state index contributed by atoms with van der Waals surface area (Å²) in [6.07, 6.45) is 1.44. The van der Waals surface area contributed by atoms with Crippen molar-refractivity contribution in [3.05, 3.63) is 93.4 Å². The molecule has 2 aromatic heterocycles. The van der Waals surface area contributed by atoms with Crippen molar-refractivity contribution in [2.24, 2.45) is 5.10 Å². The lowest BCUT2D eigenvalue weighted by Crippen LogP contribution is -2.18. The summed E-state index contributed by atoms with van der Waals surface area (Å²) in [5, 5.41) is 17.4. The molecule has 0 aliphatic heterocycles. The number of nitrogens with zero attached hydrogens (tertiary/aromatic N) is 3. The number of amides is 1. The Hall–Kier alpha value is -3.91. The molecule has 4 rings (SSSR count). The van der Waals surface area contributed by atoms with Gasteiger partial charge in [-0.3, -0.25) is 14.9 Å². The zero-order valence-electron chi connectivity index (χ0n) is 15.0. The van der Waals surface area contributed by atoms with Crippen molar-refractivity contribution in [1.29, 1.82) is 0 Å². The van der Waals surface area contributed by atoms with E-state index in [2.05, 4.69) is 15.5 Å². The van der Waals surface area contributed by atoms with Crippen molar-refractivity contribution in [2.45, 2.75) is 0 Å². The predicted octanol–water partition coefficient (Wildman–Crippen LogP) is 4.64. The van der Waals surface area contributed by atoms with Crippen LogP contribution in [-0.4, -0.2) is 22.0 Å². The van der Waals surface area contributed by atoms with Crippen molar-refractivity contribution < 1.29 is 9.72 Å². The predicted molar refractivity (Wildman–Crippen MR) is 113 cm³/mol. The van der Waals surface area contributed by atoms with Crippen LogP contribution < -0.4 is 5.43 Å². The number of thiophene rings is 1.